The number of thiophene rings is 1. The summed E-state index contributed by atoms with van der Waals surface area (Å²) in [6, 6.07) is 5.16. The number of hydrogen-bond donors (Lipinski definition) is 3. The first-order chi connectivity index (χ1) is 22.3. The summed E-state index contributed by atoms with van der Waals surface area (Å²) in [5.74, 6) is -0.0346. The van der Waals surface area contributed by atoms with Crippen molar-refractivity contribution in [2.24, 2.45) is 0 Å². The van der Waals surface area contributed by atoms with Gasteiger partial charge in [-0.25, -0.2) is 8.78 Å². The van der Waals surface area contributed by atoms with Crippen LogP contribution in [0.1, 0.15) is 41.0 Å². The van der Waals surface area contributed by atoms with E-state index in [0.717, 1.165) is 41.9 Å². The first-order valence-corrected chi connectivity index (χ1v) is 16.6. The smallest absolute Gasteiger partial charge is 0.319 e. The van der Waals surface area contributed by atoms with Gasteiger partial charge in [0.2, 0.25) is 5.13 Å². The first kappa shape index (κ1) is 29.5. The van der Waals surface area contributed by atoms with Crippen LogP contribution in [0.25, 0.3) is 32.1 Å². The molecular weight excluding hydrogens is 656 g/mol. The molecule has 0 radical (unpaired) electrons. The number of halogens is 3. The van der Waals surface area contributed by atoms with Gasteiger partial charge in [-0.1, -0.05) is 29.0 Å². The number of nitrogens with zero attached hydrogens (tertiary/aromatic N) is 6. The molecule has 0 bridgehead atoms. The van der Waals surface area contributed by atoms with Gasteiger partial charge in [-0.15, -0.1) is 21.5 Å². The number of nitriles is 1. The van der Waals surface area contributed by atoms with Crippen LogP contribution in [0, 0.1) is 17.1 Å². The molecule has 6 heterocycles. The number of alkyl halides is 1. The zero-order chi connectivity index (χ0) is 31.7. The SMILES string of the molecule is N#Cc1c(N)sc2c(F)ccc(-c3c4c(c5c(NCc6nnc(N)s6)nc(OCC67CCCN6CC(F)C7)nc5c3Cl)COC4)c12. The van der Waals surface area contributed by atoms with Crippen LogP contribution in [-0.4, -0.2) is 56.5 Å². The van der Waals surface area contributed by atoms with Gasteiger partial charge in [0.25, 0.3) is 0 Å². The maximum atomic E-state index is 15.0. The third-order valence-electron chi connectivity index (χ3n) is 9.10. The van der Waals surface area contributed by atoms with Crippen LogP contribution in [-0.2, 0) is 24.5 Å². The Labute approximate surface area is 274 Å². The molecule has 8 rings (SSSR count). The first-order valence-electron chi connectivity index (χ1n) is 14.6. The van der Waals surface area contributed by atoms with Gasteiger partial charge in [0.1, 0.15) is 40.5 Å². The Morgan fingerprint density at radius 3 is 2.85 bits per heavy atom. The Kier molecular flexibility index (Phi) is 7.11. The van der Waals surface area contributed by atoms with E-state index in [1.165, 1.54) is 17.4 Å². The van der Waals surface area contributed by atoms with Gasteiger partial charge in [0, 0.05) is 23.9 Å². The maximum absolute atomic E-state index is 15.0. The van der Waals surface area contributed by atoms with Gasteiger partial charge in [-0.05, 0) is 42.1 Å². The molecule has 0 aliphatic carbocycles. The second-order valence-corrected chi connectivity index (χ2v) is 14.2. The highest BCUT2D eigenvalue weighted by Crippen LogP contribution is 2.49. The summed E-state index contributed by atoms with van der Waals surface area (Å²) >= 11 is 9.54. The monoisotopic (exact) mass is 681 g/mol. The molecule has 3 aliphatic rings. The average Bonchev–Trinajstić information content (AvgIpc) is 3.85. The number of aromatic nitrogens is 4. The molecule has 2 atom stereocenters. The Morgan fingerprint density at radius 2 is 2.04 bits per heavy atom. The molecule has 0 saturated carbocycles. The molecule has 5 aromatic rings. The molecule has 46 heavy (non-hydrogen) atoms. The van der Waals surface area contributed by atoms with E-state index in [1.807, 2.05) is 0 Å². The van der Waals surface area contributed by atoms with Crippen molar-refractivity contribution in [1.82, 2.24) is 25.1 Å². The standard InChI is InChI=1S/C30H26ClF2N9O2S2/c31-23-20(14-2-3-18(33)25-21(14)15(7-34)26(35)46-25)16-10-43-11-17(16)22-24(23)38-29(39-27(22)37-8-19-40-41-28(36)45-19)44-12-30-4-1-5-42(30)9-13(32)6-30/h2-3,13H,1,4-6,8-12,35H2,(H2,36,41)(H,37,38,39). The summed E-state index contributed by atoms with van der Waals surface area (Å²) in [7, 11) is 0. The van der Waals surface area contributed by atoms with Crippen molar-refractivity contribution in [2.45, 2.75) is 50.7 Å². The van der Waals surface area contributed by atoms with Gasteiger partial charge in [-0.2, -0.15) is 15.2 Å². The lowest BCUT2D eigenvalue weighted by molar-refractivity contribution is 0.107. The molecule has 0 amide bonds. The Hall–Kier alpha value is -3.94. The number of anilines is 3. The highest BCUT2D eigenvalue weighted by molar-refractivity contribution is 7.23. The summed E-state index contributed by atoms with van der Waals surface area (Å²) in [5.41, 5.74) is 14.8. The molecule has 236 valence electrons. The van der Waals surface area contributed by atoms with Crippen molar-refractivity contribution < 1.29 is 18.3 Å². The van der Waals surface area contributed by atoms with Gasteiger partial charge < -0.3 is 26.3 Å². The average molecular weight is 682 g/mol. The molecular formula is C30H26ClF2N9O2S2. The van der Waals surface area contributed by atoms with Crippen molar-refractivity contribution in [1.29, 1.82) is 5.26 Å². The second kappa shape index (κ2) is 11.1. The minimum Gasteiger partial charge on any atom is -0.461 e. The van der Waals surface area contributed by atoms with Crippen molar-refractivity contribution in [3.05, 3.63) is 44.7 Å². The number of benzene rings is 2. The van der Waals surface area contributed by atoms with Crippen LogP contribution in [0.5, 0.6) is 6.01 Å². The molecule has 2 fully saturated rings. The molecule has 3 aromatic heterocycles. The quantitative estimate of drug-likeness (QED) is 0.191. The van der Waals surface area contributed by atoms with Crippen LogP contribution >= 0.6 is 34.3 Å². The van der Waals surface area contributed by atoms with E-state index in [4.69, 9.17) is 42.5 Å². The predicted octanol–water partition coefficient (Wildman–Crippen LogP) is 5.79. The van der Waals surface area contributed by atoms with Crippen LogP contribution in [0.2, 0.25) is 5.02 Å². The third-order valence-corrected chi connectivity index (χ3v) is 11.2. The maximum Gasteiger partial charge on any atom is 0.319 e. The van der Waals surface area contributed by atoms with Crippen molar-refractivity contribution in [3.63, 3.8) is 0 Å². The van der Waals surface area contributed by atoms with Crippen LogP contribution in [0.3, 0.4) is 0 Å². The minimum absolute atomic E-state index is 0.0729. The summed E-state index contributed by atoms with van der Waals surface area (Å²) in [5, 5.41) is 23.8. The summed E-state index contributed by atoms with van der Waals surface area (Å²) in [6.07, 6.45) is 1.28. The zero-order valence-electron chi connectivity index (χ0n) is 24.2. The Bertz CT molecular complexity index is 2100. The zero-order valence-corrected chi connectivity index (χ0v) is 26.6. The summed E-state index contributed by atoms with van der Waals surface area (Å²) in [4.78, 5) is 11.7. The minimum atomic E-state index is -0.908. The normalized spacial score (nSPS) is 20.8. The second-order valence-electron chi connectivity index (χ2n) is 11.7. The van der Waals surface area contributed by atoms with Crippen LogP contribution in [0.15, 0.2) is 12.1 Å². The molecule has 5 N–H and O–H groups in total. The van der Waals surface area contributed by atoms with Gasteiger partial charge in [-0.3, -0.25) is 4.90 Å². The summed E-state index contributed by atoms with van der Waals surface area (Å²) < 4.78 is 42.0. The summed E-state index contributed by atoms with van der Waals surface area (Å²) in [6.45, 7) is 2.19. The van der Waals surface area contributed by atoms with E-state index in [9.17, 15) is 14.0 Å². The third kappa shape index (κ3) is 4.62. The number of nitrogens with one attached hydrogen (secondary N) is 1. The van der Waals surface area contributed by atoms with Crippen molar-refractivity contribution in [2.75, 3.05) is 36.5 Å². The van der Waals surface area contributed by atoms with E-state index in [1.54, 1.807) is 6.07 Å². The fourth-order valence-electron chi connectivity index (χ4n) is 7.14. The lowest BCUT2D eigenvalue weighted by Gasteiger charge is -2.30. The fourth-order valence-corrected chi connectivity index (χ4v) is 8.99. The van der Waals surface area contributed by atoms with Crippen molar-refractivity contribution >= 4 is 71.2 Å². The Balaban J connectivity index is 1.31. The van der Waals surface area contributed by atoms with Crippen LogP contribution in [0.4, 0.5) is 24.7 Å². The molecule has 2 unspecified atom stereocenters. The lowest BCUT2D eigenvalue weighted by atomic mass is 9.91. The molecule has 0 spiro atoms. The predicted molar refractivity (Wildman–Crippen MR) is 173 cm³/mol. The number of fused-ring (bicyclic) bond motifs is 5. The largest absolute Gasteiger partial charge is 0.461 e. The van der Waals surface area contributed by atoms with Gasteiger partial charge >= 0.3 is 6.01 Å². The molecule has 2 aromatic carbocycles. The van der Waals surface area contributed by atoms with Crippen molar-refractivity contribution in [3.8, 4) is 23.2 Å². The molecule has 11 nitrogen and oxygen atoms in total. The number of rotatable bonds is 7. The fraction of sp³-hybridized carbons (Fsp3) is 0.367. The van der Waals surface area contributed by atoms with Gasteiger partial charge in [0.05, 0.1) is 51.5 Å². The van der Waals surface area contributed by atoms with E-state index in [2.05, 4.69) is 26.5 Å². The topological polar surface area (TPSA) is 161 Å². The molecule has 2 saturated heterocycles. The number of ether oxygens (including phenoxy) is 2. The van der Waals surface area contributed by atoms with E-state index in [0.29, 0.717) is 56.3 Å². The van der Waals surface area contributed by atoms with Crippen LogP contribution < -0.4 is 21.5 Å². The number of nitrogen functional groups attached to an aromatic ring is 2. The number of nitrogens with two attached hydrogens (primary N) is 2. The number of hydrogen-bond acceptors (Lipinski definition) is 13. The molecule has 16 heteroatoms. The highest BCUT2D eigenvalue weighted by atomic mass is 35.5. The lowest BCUT2D eigenvalue weighted by Crippen LogP contribution is -2.43. The molecule has 3 aliphatic heterocycles. The van der Waals surface area contributed by atoms with E-state index in [-0.39, 0.29) is 52.7 Å². The van der Waals surface area contributed by atoms with E-state index < -0.39 is 17.5 Å². The Morgan fingerprint density at radius 1 is 1.20 bits per heavy atom. The van der Waals surface area contributed by atoms with Gasteiger partial charge in [0.15, 0.2) is 0 Å². The van der Waals surface area contributed by atoms with E-state index >= 15 is 0 Å². The highest BCUT2D eigenvalue weighted by Gasteiger charge is 2.49.